The van der Waals surface area contributed by atoms with Gasteiger partial charge in [0.15, 0.2) is 18.3 Å². The van der Waals surface area contributed by atoms with E-state index in [0.29, 0.717) is 34.1 Å². The molecule has 0 unspecified atom stereocenters. The van der Waals surface area contributed by atoms with Gasteiger partial charge in [0, 0.05) is 28.8 Å². The van der Waals surface area contributed by atoms with Crippen molar-refractivity contribution >= 4 is 17.4 Å². The Balaban J connectivity index is 1.34. The van der Waals surface area contributed by atoms with E-state index in [-0.39, 0.29) is 32.5 Å². The third-order valence-electron chi connectivity index (χ3n) is 4.55. The third-order valence-corrected chi connectivity index (χ3v) is 4.55. The normalized spacial score (nSPS) is 14.4. The van der Waals surface area contributed by atoms with Crippen LogP contribution in [0.3, 0.4) is 0 Å². The van der Waals surface area contributed by atoms with Gasteiger partial charge >= 0.3 is 5.97 Å². The van der Waals surface area contributed by atoms with Crippen LogP contribution in [-0.2, 0) is 32.3 Å². The van der Waals surface area contributed by atoms with Crippen LogP contribution < -0.4 is 14.2 Å². The second-order valence-corrected chi connectivity index (χ2v) is 6.64. The van der Waals surface area contributed by atoms with Crippen molar-refractivity contribution in [2.75, 3.05) is 20.2 Å². The summed E-state index contributed by atoms with van der Waals surface area (Å²) < 4.78 is 26.3. The van der Waals surface area contributed by atoms with E-state index >= 15 is 0 Å². The van der Waals surface area contributed by atoms with Crippen molar-refractivity contribution in [1.82, 2.24) is 0 Å². The number of ether oxygens (including phenoxy) is 5. The summed E-state index contributed by atoms with van der Waals surface area (Å²) in [5, 5.41) is 15.0. The number of rotatable bonds is 7. The third kappa shape index (κ3) is 4.67. The van der Waals surface area contributed by atoms with Gasteiger partial charge < -0.3 is 28.5 Å². The van der Waals surface area contributed by atoms with Gasteiger partial charge in [0.05, 0.1) is 17.2 Å². The second-order valence-electron chi connectivity index (χ2n) is 6.64. The van der Waals surface area contributed by atoms with E-state index in [9.17, 15) is 14.9 Å². The van der Waals surface area contributed by atoms with Gasteiger partial charge in [-0.25, -0.2) is 4.79 Å². The van der Waals surface area contributed by atoms with E-state index in [1.54, 1.807) is 25.1 Å². The highest BCUT2D eigenvalue weighted by Gasteiger charge is 2.22. The molecule has 0 fully saturated rings. The van der Waals surface area contributed by atoms with Crippen molar-refractivity contribution in [3.8, 4) is 17.2 Å². The molecule has 0 saturated carbocycles. The smallest absolute Gasteiger partial charge is 0.347 e. The summed E-state index contributed by atoms with van der Waals surface area (Å²) in [5.41, 5.74) is 2.04. The fourth-order valence-corrected chi connectivity index (χ4v) is 3.05. The summed E-state index contributed by atoms with van der Waals surface area (Å²) in [6.45, 7) is 1.44. The van der Waals surface area contributed by atoms with E-state index in [1.165, 1.54) is 12.1 Å². The van der Waals surface area contributed by atoms with Gasteiger partial charge in [-0.15, -0.1) is 0 Å². The molecule has 11 nitrogen and oxygen atoms in total. The number of carbonyl (C=O) groups is 1. The molecule has 0 aromatic heterocycles. The predicted molar refractivity (Wildman–Crippen MR) is 104 cm³/mol. The van der Waals surface area contributed by atoms with Crippen LogP contribution in [0.2, 0.25) is 0 Å². The summed E-state index contributed by atoms with van der Waals surface area (Å²) in [7, 11) is 0. The topological polar surface area (TPSA) is 128 Å². The van der Waals surface area contributed by atoms with Gasteiger partial charge in [-0.2, -0.15) is 0 Å². The number of benzene rings is 2. The Hall–Kier alpha value is -3.86. The highest BCUT2D eigenvalue weighted by Crippen LogP contribution is 2.34. The Morgan fingerprint density at radius 1 is 1.16 bits per heavy atom. The van der Waals surface area contributed by atoms with Gasteiger partial charge in [-0.3, -0.25) is 10.1 Å². The Bertz CT molecular complexity index is 1050. The molecule has 2 aliphatic rings. The highest BCUT2D eigenvalue weighted by atomic mass is 16.7. The molecule has 0 N–H and O–H groups in total. The van der Waals surface area contributed by atoms with E-state index in [4.69, 9.17) is 28.5 Å². The van der Waals surface area contributed by atoms with Crippen LogP contribution >= 0.6 is 0 Å². The zero-order valence-electron chi connectivity index (χ0n) is 16.5. The zero-order valence-corrected chi connectivity index (χ0v) is 16.5. The maximum atomic E-state index is 12.0. The summed E-state index contributed by atoms with van der Waals surface area (Å²) in [6, 6.07) is 8.00. The first-order valence-electron chi connectivity index (χ1n) is 9.24. The molecule has 2 aromatic carbocycles. The minimum Gasteiger partial charge on any atom is -0.467 e. The summed E-state index contributed by atoms with van der Waals surface area (Å²) in [6.07, 6.45) is 0. The lowest BCUT2D eigenvalue weighted by Crippen LogP contribution is -2.16. The minimum atomic E-state index is -0.686. The standard InChI is InChI=1S/C20H18N2O9/c1-12(13-2-3-17-18(6-13)29-11-28-17)21-31-9-19(23)27-8-15-5-16(22(24)25)4-14-7-26-10-30-20(14)15/h2-6H,7-11H2,1H3. The van der Waals surface area contributed by atoms with Gasteiger partial charge in [0.2, 0.25) is 13.4 Å². The molecular formula is C20H18N2O9. The predicted octanol–water partition coefficient (Wildman–Crippen LogP) is 2.67. The number of non-ortho nitro benzene ring substituents is 1. The van der Waals surface area contributed by atoms with Crippen molar-refractivity contribution in [3.05, 3.63) is 57.1 Å². The molecule has 0 atom stereocenters. The number of carbonyl (C=O) groups excluding carboxylic acids is 1. The van der Waals surface area contributed by atoms with Gasteiger partial charge in [0.25, 0.3) is 5.69 Å². The Morgan fingerprint density at radius 2 is 2.00 bits per heavy atom. The molecule has 0 radical (unpaired) electrons. The van der Waals surface area contributed by atoms with Crippen molar-refractivity contribution < 1.29 is 38.2 Å². The SMILES string of the molecule is CC(=NOCC(=O)OCc1cc([N+](=O)[O-])cc2c1OCOC2)c1ccc2c(c1)OCO2. The molecule has 2 heterocycles. The molecule has 4 rings (SSSR count). The molecule has 2 aromatic rings. The number of fused-ring (bicyclic) bond motifs is 2. The summed E-state index contributed by atoms with van der Waals surface area (Å²) >= 11 is 0. The summed E-state index contributed by atoms with van der Waals surface area (Å²) in [5.74, 6) is 0.996. The first-order chi connectivity index (χ1) is 15.0. The molecule has 0 spiro atoms. The fourth-order valence-electron chi connectivity index (χ4n) is 3.05. The fraction of sp³-hybridized carbons (Fsp3) is 0.300. The minimum absolute atomic E-state index is 0.0166. The van der Waals surface area contributed by atoms with Crippen molar-refractivity contribution in [2.24, 2.45) is 5.16 Å². The van der Waals surface area contributed by atoms with Crippen LogP contribution in [0.4, 0.5) is 5.69 Å². The average molecular weight is 430 g/mol. The quantitative estimate of drug-likeness (QED) is 0.282. The number of nitrogens with zero attached hydrogens (tertiary/aromatic N) is 2. The Labute approximate surface area is 176 Å². The number of hydrogen-bond acceptors (Lipinski definition) is 10. The van der Waals surface area contributed by atoms with Crippen molar-refractivity contribution in [1.29, 1.82) is 0 Å². The van der Waals surface area contributed by atoms with Crippen molar-refractivity contribution in [3.63, 3.8) is 0 Å². The van der Waals surface area contributed by atoms with Crippen LogP contribution in [0.15, 0.2) is 35.5 Å². The molecule has 0 amide bonds. The Kier molecular flexibility index (Phi) is 5.85. The van der Waals surface area contributed by atoms with E-state index < -0.39 is 17.5 Å². The monoisotopic (exact) mass is 430 g/mol. The van der Waals surface area contributed by atoms with E-state index in [1.807, 2.05) is 0 Å². The molecule has 2 aliphatic heterocycles. The van der Waals surface area contributed by atoms with E-state index in [0.717, 1.165) is 5.56 Å². The zero-order chi connectivity index (χ0) is 21.8. The van der Waals surface area contributed by atoms with Crippen LogP contribution in [0, 0.1) is 10.1 Å². The van der Waals surface area contributed by atoms with E-state index in [2.05, 4.69) is 5.16 Å². The van der Waals surface area contributed by atoms with Crippen LogP contribution in [0.5, 0.6) is 17.2 Å². The lowest BCUT2D eigenvalue weighted by atomic mass is 10.1. The number of oxime groups is 1. The molecule has 162 valence electrons. The molecule has 0 aliphatic carbocycles. The lowest BCUT2D eigenvalue weighted by molar-refractivity contribution is -0.385. The number of nitro groups is 1. The average Bonchev–Trinajstić information content (AvgIpc) is 3.25. The van der Waals surface area contributed by atoms with Crippen LogP contribution in [0.25, 0.3) is 0 Å². The maximum Gasteiger partial charge on any atom is 0.347 e. The molecule has 0 bridgehead atoms. The highest BCUT2D eigenvalue weighted by molar-refractivity contribution is 5.99. The molecule has 11 heteroatoms. The van der Waals surface area contributed by atoms with Crippen LogP contribution in [0.1, 0.15) is 23.6 Å². The molecular weight excluding hydrogens is 412 g/mol. The number of nitro benzene ring substituents is 1. The molecule has 0 saturated heterocycles. The summed E-state index contributed by atoms with van der Waals surface area (Å²) in [4.78, 5) is 27.7. The first kappa shape index (κ1) is 20.4. The maximum absolute atomic E-state index is 12.0. The first-order valence-corrected chi connectivity index (χ1v) is 9.24. The van der Waals surface area contributed by atoms with Gasteiger partial charge in [-0.05, 0) is 25.1 Å². The van der Waals surface area contributed by atoms with Gasteiger partial charge in [0.1, 0.15) is 12.4 Å². The van der Waals surface area contributed by atoms with Crippen LogP contribution in [-0.4, -0.2) is 36.8 Å². The number of hydrogen-bond donors (Lipinski definition) is 0. The largest absolute Gasteiger partial charge is 0.467 e. The second kappa shape index (κ2) is 8.88. The molecule has 31 heavy (non-hydrogen) atoms. The van der Waals surface area contributed by atoms with Crippen molar-refractivity contribution in [2.45, 2.75) is 20.1 Å². The van der Waals surface area contributed by atoms with Gasteiger partial charge in [-0.1, -0.05) is 5.16 Å². The Morgan fingerprint density at radius 3 is 2.84 bits per heavy atom. The number of esters is 1. The lowest BCUT2D eigenvalue weighted by Gasteiger charge is -2.20.